The van der Waals surface area contributed by atoms with E-state index >= 15 is 0 Å². The Morgan fingerprint density at radius 2 is 1.77 bits per heavy atom. The summed E-state index contributed by atoms with van der Waals surface area (Å²) in [6.45, 7) is 9.05. The van der Waals surface area contributed by atoms with Gasteiger partial charge < -0.3 is 30.1 Å². The van der Waals surface area contributed by atoms with Gasteiger partial charge in [-0.2, -0.15) is 0 Å². The zero-order chi connectivity index (χ0) is 31.7. The number of phenols is 1. The van der Waals surface area contributed by atoms with Gasteiger partial charge >= 0.3 is 12.1 Å². The maximum atomic E-state index is 14.5. The standard InChI is InChI=1S/C33H41N3O7/c1-7-23-11-9-10-12-25(23)29(30(39)34-18-17-28(38)42-8-2)36(27-19-21(27)3)31(40)26(35-32(41)43-33(4,5)6)20-22-13-15-24(37)16-14-22/h1,9-16,21,26-27,29,37H,8,17-20H2,2-6H3,(H,34,39)(H,35,41). The van der Waals surface area contributed by atoms with Crippen molar-refractivity contribution in [1.82, 2.24) is 15.5 Å². The first-order valence-corrected chi connectivity index (χ1v) is 14.4. The van der Waals surface area contributed by atoms with Crippen molar-refractivity contribution in [3.8, 4) is 18.1 Å². The van der Waals surface area contributed by atoms with Crippen LogP contribution in [0.1, 0.15) is 70.2 Å². The van der Waals surface area contributed by atoms with Crippen LogP contribution in [0.2, 0.25) is 0 Å². The molecular weight excluding hydrogens is 550 g/mol. The van der Waals surface area contributed by atoms with Crippen molar-refractivity contribution in [3.05, 3.63) is 65.2 Å². The van der Waals surface area contributed by atoms with Crippen molar-refractivity contribution < 1.29 is 33.8 Å². The van der Waals surface area contributed by atoms with Crippen molar-refractivity contribution in [2.24, 2.45) is 5.92 Å². The zero-order valence-electron chi connectivity index (χ0n) is 25.4. The maximum Gasteiger partial charge on any atom is 0.408 e. The third-order valence-electron chi connectivity index (χ3n) is 6.92. The van der Waals surface area contributed by atoms with Gasteiger partial charge in [-0.05, 0) is 69.4 Å². The highest BCUT2D eigenvalue weighted by atomic mass is 16.6. The molecule has 0 heterocycles. The Morgan fingerprint density at radius 3 is 2.35 bits per heavy atom. The summed E-state index contributed by atoms with van der Waals surface area (Å²) >= 11 is 0. The summed E-state index contributed by atoms with van der Waals surface area (Å²) in [6, 6.07) is 10.6. The number of aromatic hydroxyl groups is 1. The number of phenolic OH excluding ortho intramolecular Hbond substituents is 1. The van der Waals surface area contributed by atoms with Crippen LogP contribution in [0.15, 0.2) is 48.5 Å². The van der Waals surface area contributed by atoms with Crippen molar-refractivity contribution in [2.75, 3.05) is 13.2 Å². The number of esters is 1. The fraction of sp³-hybridized carbons (Fsp3) is 0.455. The number of carbonyl (C=O) groups is 4. The fourth-order valence-corrected chi connectivity index (χ4v) is 4.77. The van der Waals surface area contributed by atoms with Crippen LogP contribution in [0.3, 0.4) is 0 Å². The third kappa shape index (κ3) is 9.50. The average molecular weight is 592 g/mol. The van der Waals surface area contributed by atoms with Crippen molar-refractivity contribution in [1.29, 1.82) is 0 Å². The zero-order valence-corrected chi connectivity index (χ0v) is 25.4. The summed E-state index contributed by atoms with van der Waals surface area (Å²) in [5.41, 5.74) is 0.755. The minimum absolute atomic E-state index is 0.00172. The summed E-state index contributed by atoms with van der Waals surface area (Å²) in [5.74, 6) is 1.30. The Morgan fingerprint density at radius 1 is 1.12 bits per heavy atom. The van der Waals surface area contributed by atoms with Crippen LogP contribution in [0.4, 0.5) is 4.79 Å². The van der Waals surface area contributed by atoms with Crippen LogP contribution >= 0.6 is 0 Å². The van der Waals surface area contributed by atoms with E-state index in [9.17, 15) is 24.3 Å². The molecule has 230 valence electrons. The van der Waals surface area contributed by atoms with Crippen LogP contribution in [-0.2, 0) is 30.3 Å². The number of ether oxygens (including phenoxy) is 2. The molecular formula is C33H41N3O7. The number of amides is 3. The third-order valence-corrected chi connectivity index (χ3v) is 6.92. The molecule has 3 rings (SSSR count). The quantitative estimate of drug-likeness (QED) is 0.252. The molecule has 2 aromatic rings. The molecule has 0 aromatic heterocycles. The van der Waals surface area contributed by atoms with Crippen molar-refractivity contribution in [3.63, 3.8) is 0 Å². The second kappa shape index (κ2) is 14.6. The topological polar surface area (TPSA) is 134 Å². The van der Waals surface area contributed by atoms with Gasteiger partial charge in [-0.25, -0.2) is 4.79 Å². The molecule has 10 heteroatoms. The van der Waals surface area contributed by atoms with Gasteiger partial charge in [-0.15, -0.1) is 6.42 Å². The monoisotopic (exact) mass is 591 g/mol. The number of nitrogens with one attached hydrogen (secondary N) is 2. The largest absolute Gasteiger partial charge is 0.508 e. The predicted octanol–water partition coefficient (Wildman–Crippen LogP) is 3.86. The van der Waals surface area contributed by atoms with Crippen LogP contribution < -0.4 is 10.6 Å². The Bertz CT molecular complexity index is 1340. The van der Waals surface area contributed by atoms with Gasteiger partial charge in [0.1, 0.15) is 23.4 Å². The SMILES string of the molecule is C#Cc1ccccc1C(C(=O)NCCC(=O)OCC)N(C(=O)C(Cc1ccc(O)cc1)NC(=O)OC(C)(C)C)C1CC1C. The molecule has 0 aliphatic heterocycles. The molecule has 1 fully saturated rings. The number of terminal acetylenes is 1. The molecule has 0 spiro atoms. The molecule has 3 N–H and O–H groups in total. The lowest BCUT2D eigenvalue weighted by Crippen LogP contribution is -2.55. The highest BCUT2D eigenvalue weighted by Crippen LogP contribution is 2.41. The Kier molecular flexibility index (Phi) is 11.2. The Labute approximate surface area is 253 Å². The van der Waals surface area contributed by atoms with Gasteiger partial charge in [0.25, 0.3) is 0 Å². The minimum Gasteiger partial charge on any atom is -0.508 e. The van der Waals surface area contributed by atoms with Crippen LogP contribution in [-0.4, -0.2) is 64.7 Å². The molecule has 1 aliphatic rings. The van der Waals surface area contributed by atoms with E-state index in [-0.39, 0.29) is 43.7 Å². The summed E-state index contributed by atoms with van der Waals surface area (Å²) in [6.07, 6.45) is 5.71. The summed E-state index contributed by atoms with van der Waals surface area (Å²) < 4.78 is 10.4. The normalized spacial score (nSPS) is 17.0. The first kappa shape index (κ1) is 33.0. The highest BCUT2D eigenvalue weighted by Gasteiger charge is 2.48. The minimum atomic E-state index is -1.14. The van der Waals surface area contributed by atoms with E-state index in [0.717, 1.165) is 0 Å². The molecule has 1 aliphatic carbocycles. The van der Waals surface area contributed by atoms with Crippen LogP contribution in [0, 0.1) is 18.3 Å². The smallest absolute Gasteiger partial charge is 0.408 e. The van der Waals surface area contributed by atoms with Crippen molar-refractivity contribution >= 4 is 23.9 Å². The first-order valence-electron chi connectivity index (χ1n) is 14.4. The summed E-state index contributed by atoms with van der Waals surface area (Å²) in [4.78, 5) is 54.8. The number of nitrogens with zero attached hydrogens (tertiary/aromatic N) is 1. The predicted molar refractivity (Wildman–Crippen MR) is 161 cm³/mol. The van der Waals surface area contributed by atoms with E-state index in [0.29, 0.717) is 23.1 Å². The lowest BCUT2D eigenvalue weighted by molar-refractivity contribution is -0.145. The van der Waals surface area contributed by atoms with E-state index in [2.05, 4.69) is 16.6 Å². The molecule has 1 saturated carbocycles. The van der Waals surface area contributed by atoms with Crippen LogP contribution in [0.5, 0.6) is 5.75 Å². The van der Waals surface area contributed by atoms with Gasteiger partial charge in [0, 0.05) is 24.6 Å². The Balaban J connectivity index is 2.03. The molecule has 43 heavy (non-hydrogen) atoms. The lowest BCUT2D eigenvalue weighted by Gasteiger charge is -2.35. The lowest BCUT2D eigenvalue weighted by atomic mass is 9.96. The number of benzene rings is 2. The maximum absolute atomic E-state index is 14.5. The summed E-state index contributed by atoms with van der Waals surface area (Å²) in [5, 5.41) is 15.3. The van der Waals surface area contributed by atoms with Crippen LogP contribution in [0.25, 0.3) is 0 Å². The number of alkyl carbamates (subject to hydrolysis) is 1. The molecule has 3 amide bonds. The number of rotatable bonds is 12. The molecule has 0 bridgehead atoms. The van der Waals surface area contributed by atoms with Gasteiger partial charge in [0.2, 0.25) is 11.8 Å². The molecule has 4 unspecified atom stereocenters. The van der Waals surface area contributed by atoms with Crippen molar-refractivity contribution in [2.45, 2.75) is 77.6 Å². The molecule has 0 saturated heterocycles. The molecule has 2 aromatic carbocycles. The van der Waals surface area contributed by atoms with E-state index in [1.807, 2.05) is 6.92 Å². The van der Waals surface area contributed by atoms with E-state index in [4.69, 9.17) is 15.9 Å². The molecule has 10 nitrogen and oxygen atoms in total. The highest BCUT2D eigenvalue weighted by molar-refractivity contribution is 5.93. The van der Waals surface area contributed by atoms with Gasteiger partial charge in [-0.3, -0.25) is 14.4 Å². The second-order valence-electron chi connectivity index (χ2n) is 11.6. The fourth-order valence-electron chi connectivity index (χ4n) is 4.77. The van der Waals surface area contributed by atoms with Gasteiger partial charge in [0.05, 0.1) is 13.0 Å². The van der Waals surface area contributed by atoms with Gasteiger partial charge in [-0.1, -0.05) is 43.2 Å². The molecule has 0 radical (unpaired) electrons. The van der Waals surface area contributed by atoms with E-state index in [1.165, 1.54) is 17.0 Å². The second-order valence-corrected chi connectivity index (χ2v) is 11.6. The number of hydrogen-bond donors (Lipinski definition) is 3. The first-order chi connectivity index (χ1) is 20.3. The number of carbonyl (C=O) groups excluding carboxylic acids is 4. The van der Waals surface area contributed by atoms with E-state index in [1.54, 1.807) is 64.1 Å². The molecule has 4 atom stereocenters. The average Bonchev–Trinajstić information content (AvgIpc) is 3.66. The Hall–Kier alpha value is -4.52. The van der Waals surface area contributed by atoms with Gasteiger partial charge in [0.15, 0.2) is 0 Å². The van der Waals surface area contributed by atoms with E-state index < -0.39 is 41.6 Å². The number of hydrogen-bond acceptors (Lipinski definition) is 7. The summed E-state index contributed by atoms with van der Waals surface area (Å²) in [7, 11) is 0.